The number of nitrogens with zero attached hydrogens (tertiary/aromatic N) is 2. The van der Waals surface area contributed by atoms with Crippen molar-refractivity contribution in [1.82, 2.24) is 9.80 Å². The number of hydrogen-bond donors (Lipinski definition) is 0. The summed E-state index contributed by atoms with van der Waals surface area (Å²) in [5.74, 6) is 1.01. The van der Waals surface area contributed by atoms with Gasteiger partial charge in [-0.15, -0.1) is 0 Å². The van der Waals surface area contributed by atoms with Crippen LogP contribution in [0, 0.1) is 11.7 Å². The van der Waals surface area contributed by atoms with Crippen LogP contribution in [0.4, 0.5) is 4.39 Å². The molecule has 37 heavy (non-hydrogen) atoms. The quantitative estimate of drug-likeness (QED) is 0.371. The Morgan fingerprint density at radius 1 is 1.16 bits per heavy atom. The van der Waals surface area contributed by atoms with Gasteiger partial charge < -0.3 is 19.0 Å². The van der Waals surface area contributed by atoms with Gasteiger partial charge in [0, 0.05) is 20.0 Å². The fourth-order valence-electron chi connectivity index (χ4n) is 4.87. The monoisotopic (exact) mass is 506 g/mol. The van der Waals surface area contributed by atoms with Crippen LogP contribution in [0.1, 0.15) is 62.1 Å². The van der Waals surface area contributed by atoms with E-state index in [0.717, 1.165) is 16.7 Å². The van der Waals surface area contributed by atoms with E-state index in [1.54, 1.807) is 30.3 Å². The maximum absolute atomic E-state index is 14.3. The van der Waals surface area contributed by atoms with Crippen molar-refractivity contribution in [3.05, 3.63) is 89.1 Å². The number of fused-ring (bicyclic) bond motifs is 1. The molecule has 0 fully saturated rings. The van der Waals surface area contributed by atoms with E-state index in [1.807, 2.05) is 56.0 Å². The number of ether oxygens (including phenoxy) is 1. The summed E-state index contributed by atoms with van der Waals surface area (Å²) in [5.41, 5.74) is 2.71. The molecule has 7 heteroatoms. The largest absolute Gasteiger partial charge is 0.481 e. The van der Waals surface area contributed by atoms with Crippen LogP contribution in [-0.4, -0.2) is 41.3 Å². The van der Waals surface area contributed by atoms with Gasteiger partial charge in [-0.2, -0.15) is 0 Å². The van der Waals surface area contributed by atoms with Crippen molar-refractivity contribution >= 4 is 11.8 Å². The van der Waals surface area contributed by atoms with Crippen molar-refractivity contribution in [2.24, 2.45) is 5.92 Å². The fraction of sp³-hybridized carbons (Fsp3) is 0.400. The summed E-state index contributed by atoms with van der Waals surface area (Å²) >= 11 is 0. The lowest BCUT2D eigenvalue weighted by Gasteiger charge is -2.38. The van der Waals surface area contributed by atoms with E-state index >= 15 is 0 Å². The van der Waals surface area contributed by atoms with E-state index in [4.69, 9.17) is 9.15 Å². The van der Waals surface area contributed by atoms with Crippen LogP contribution in [0.5, 0.6) is 5.75 Å². The molecule has 1 aliphatic heterocycles. The van der Waals surface area contributed by atoms with E-state index in [-0.39, 0.29) is 23.5 Å². The lowest BCUT2D eigenvalue weighted by atomic mass is 9.87. The third-order valence-corrected chi connectivity index (χ3v) is 6.69. The van der Waals surface area contributed by atoms with Crippen molar-refractivity contribution in [2.45, 2.75) is 58.7 Å². The Bertz CT molecular complexity index is 1220. The lowest BCUT2D eigenvalue weighted by Crippen LogP contribution is -2.41. The minimum absolute atomic E-state index is 0.0439. The number of rotatable bonds is 9. The number of carbonyl (C=O) groups is 2. The summed E-state index contributed by atoms with van der Waals surface area (Å²) in [7, 11) is 1.72. The van der Waals surface area contributed by atoms with Crippen molar-refractivity contribution in [3.8, 4) is 5.75 Å². The van der Waals surface area contributed by atoms with Crippen LogP contribution in [0.25, 0.3) is 0 Å². The number of amides is 2. The van der Waals surface area contributed by atoms with Crippen molar-refractivity contribution in [1.29, 1.82) is 0 Å². The summed E-state index contributed by atoms with van der Waals surface area (Å²) in [5, 5.41) is 0. The summed E-state index contributed by atoms with van der Waals surface area (Å²) in [6, 6.07) is 15.4. The standard InChI is InChI=1S/C30H35FN2O4/c1-5-27(30(35)32(4)19-25-10-7-15-36-25)37-24-12-11-21-13-14-33(28(34)16-20(2)3)29(26(21)18-24)22-8-6-9-23(31)17-22/h6-12,15,17-18,20,27,29H,5,13-14,16,19H2,1-4H3. The molecule has 0 bridgehead atoms. The normalized spacial score (nSPS) is 15.8. The maximum atomic E-state index is 14.3. The molecule has 2 heterocycles. The van der Waals surface area contributed by atoms with Gasteiger partial charge in [0.2, 0.25) is 5.91 Å². The Kier molecular flexibility index (Phi) is 8.31. The van der Waals surface area contributed by atoms with Crippen LogP contribution in [0.2, 0.25) is 0 Å². The molecule has 3 aromatic rings. The second-order valence-electron chi connectivity index (χ2n) is 10.0. The Hall–Kier alpha value is -3.61. The second kappa shape index (κ2) is 11.6. The SMILES string of the molecule is CCC(Oc1ccc2c(c1)C(c1cccc(F)c1)N(C(=O)CC(C)C)CC2)C(=O)N(C)Cc1ccco1. The number of hydrogen-bond acceptors (Lipinski definition) is 4. The lowest BCUT2D eigenvalue weighted by molar-refractivity contribution is -0.138. The molecule has 0 N–H and O–H groups in total. The first-order valence-electron chi connectivity index (χ1n) is 12.9. The van der Waals surface area contributed by atoms with Crippen LogP contribution in [0.3, 0.4) is 0 Å². The van der Waals surface area contributed by atoms with Gasteiger partial charge in [0.25, 0.3) is 5.91 Å². The van der Waals surface area contributed by atoms with Gasteiger partial charge in [0.05, 0.1) is 18.8 Å². The molecular formula is C30H35FN2O4. The molecule has 2 aromatic carbocycles. The first kappa shape index (κ1) is 26.5. The molecule has 2 atom stereocenters. The molecule has 2 unspecified atom stereocenters. The first-order chi connectivity index (χ1) is 17.8. The molecule has 1 aromatic heterocycles. The van der Waals surface area contributed by atoms with Crippen LogP contribution >= 0.6 is 0 Å². The van der Waals surface area contributed by atoms with Gasteiger partial charge in [-0.05, 0) is 71.8 Å². The second-order valence-corrected chi connectivity index (χ2v) is 10.0. The topological polar surface area (TPSA) is 63.0 Å². The zero-order valence-electron chi connectivity index (χ0n) is 21.9. The first-order valence-corrected chi connectivity index (χ1v) is 12.9. The summed E-state index contributed by atoms with van der Waals surface area (Å²) in [4.78, 5) is 29.8. The van der Waals surface area contributed by atoms with Gasteiger partial charge >= 0.3 is 0 Å². The van der Waals surface area contributed by atoms with Crippen molar-refractivity contribution in [2.75, 3.05) is 13.6 Å². The van der Waals surface area contributed by atoms with Gasteiger partial charge in [-0.25, -0.2) is 4.39 Å². The molecule has 4 rings (SSSR count). The minimum atomic E-state index is -0.673. The van der Waals surface area contributed by atoms with Gasteiger partial charge in [0.15, 0.2) is 6.10 Å². The van der Waals surface area contributed by atoms with E-state index in [9.17, 15) is 14.0 Å². The van der Waals surface area contributed by atoms with Gasteiger partial charge in [-0.3, -0.25) is 9.59 Å². The predicted octanol–water partition coefficient (Wildman–Crippen LogP) is 5.75. The number of halogens is 1. The number of benzene rings is 2. The molecule has 196 valence electrons. The molecule has 0 aliphatic carbocycles. The molecule has 0 saturated heterocycles. The van der Waals surface area contributed by atoms with E-state index in [0.29, 0.717) is 43.9 Å². The third-order valence-electron chi connectivity index (χ3n) is 6.69. The summed E-state index contributed by atoms with van der Waals surface area (Å²) in [6.07, 6.45) is 2.52. The molecule has 0 radical (unpaired) electrons. The Labute approximate surface area is 218 Å². The molecule has 0 saturated carbocycles. The summed E-state index contributed by atoms with van der Waals surface area (Å²) < 4.78 is 25.8. The zero-order chi connectivity index (χ0) is 26.5. The van der Waals surface area contributed by atoms with Crippen molar-refractivity contribution in [3.63, 3.8) is 0 Å². The number of likely N-dealkylation sites (N-methyl/N-ethyl adjacent to an activating group) is 1. The Morgan fingerprint density at radius 2 is 1.97 bits per heavy atom. The molecule has 6 nitrogen and oxygen atoms in total. The minimum Gasteiger partial charge on any atom is -0.481 e. The zero-order valence-corrected chi connectivity index (χ0v) is 21.9. The van der Waals surface area contributed by atoms with Crippen LogP contribution in [0.15, 0.2) is 65.3 Å². The van der Waals surface area contributed by atoms with Crippen molar-refractivity contribution < 1.29 is 23.1 Å². The highest BCUT2D eigenvalue weighted by Crippen LogP contribution is 2.38. The average molecular weight is 507 g/mol. The molecule has 0 spiro atoms. The van der Waals surface area contributed by atoms with E-state index in [1.165, 1.54) is 12.1 Å². The highest BCUT2D eigenvalue weighted by atomic mass is 19.1. The fourth-order valence-corrected chi connectivity index (χ4v) is 4.87. The van der Waals surface area contributed by atoms with E-state index in [2.05, 4.69) is 0 Å². The highest BCUT2D eigenvalue weighted by molar-refractivity contribution is 5.81. The van der Waals surface area contributed by atoms with E-state index < -0.39 is 12.1 Å². The van der Waals surface area contributed by atoms with Crippen LogP contribution < -0.4 is 4.74 Å². The average Bonchev–Trinajstić information content (AvgIpc) is 3.38. The Morgan fingerprint density at radius 3 is 2.65 bits per heavy atom. The smallest absolute Gasteiger partial charge is 0.263 e. The predicted molar refractivity (Wildman–Crippen MR) is 139 cm³/mol. The Balaban J connectivity index is 1.63. The highest BCUT2D eigenvalue weighted by Gasteiger charge is 2.33. The third kappa shape index (κ3) is 6.21. The maximum Gasteiger partial charge on any atom is 0.263 e. The summed E-state index contributed by atoms with van der Waals surface area (Å²) in [6.45, 7) is 6.86. The molecule has 1 aliphatic rings. The van der Waals surface area contributed by atoms with Gasteiger partial charge in [0.1, 0.15) is 17.3 Å². The molecular weight excluding hydrogens is 471 g/mol. The number of carbonyl (C=O) groups excluding carboxylic acids is 2. The molecule has 2 amide bonds. The van der Waals surface area contributed by atoms with Crippen LogP contribution in [-0.2, 0) is 22.6 Å². The van der Waals surface area contributed by atoms with Gasteiger partial charge in [-0.1, -0.05) is 39.0 Å². The number of furan rings is 1.